The first kappa shape index (κ1) is 17.6. The average molecular weight is 379 g/mol. The fourth-order valence-corrected chi connectivity index (χ4v) is 5.22. The third kappa shape index (κ3) is 3.53. The highest BCUT2D eigenvalue weighted by Crippen LogP contribution is 2.36. The van der Waals surface area contributed by atoms with Crippen LogP contribution in [0.2, 0.25) is 0 Å². The van der Waals surface area contributed by atoms with Crippen molar-refractivity contribution in [1.82, 2.24) is 33.6 Å². The standard InChI is InChI=1S/C16H25N7O2S/c1-21-15(12-22-7-5-6-17-22)18-19-16(21)13-10-14(11-13)20-26(24,25)23-8-3-2-4-9-23/h5-7,13-14,20H,2-4,8-12H2,1H3. The van der Waals surface area contributed by atoms with Crippen molar-refractivity contribution in [2.75, 3.05) is 13.1 Å². The topological polar surface area (TPSA) is 97.9 Å². The van der Waals surface area contributed by atoms with Crippen molar-refractivity contribution in [2.24, 2.45) is 7.05 Å². The second-order valence-electron chi connectivity index (χ2n) is 7.18. The normalized spacial score (nSPS) is 24.5. The van der Waals surface area contributed by atoms with Crippen molar-refractivity contribution in [3.05, 3.63) is 30.1 Å². The van der Waals surface area contributed by atoms with Crippen LogP contribution < -0.4 is 4.72 Å². The van der Waals surface area contributed by atoms with Crippen molar-refractivity contribution in [1.29, 1.82) is 0 Å². The molecule has 1 aliphatic carbocycles. The van der Waals surface area contributed by atoms with Gasteiger partial charge in [0.05, 0.1) is 0 Å². The van der Waals surface area contributed by atoms with Gasteiger partial charge in [-0.15, -0.1) is 10.2 Å². The van der Waals surface area contributed by atoms with Crippen LogP contribution in [0.3, 0.4) is 0 Å². The molecule has 142 valence electrons. The summed E-state index contributed by atoms with van der Waals surface area (Å²) in [6.45, 7) is 1.84. The predicted molar refractivity (Wildman–Crippen MR) is 95.6 cm³/mol. The lowest BCUT2D eigenvalue weighted by Gasteiger charge is -2.36. The number of piperidine rings is 1. The van der Waals surface area contributed by atoms with Crippen molar-refractivity contribution >= 4 is 10.2 Å². The van der Waals surface area contributed by atoms with Gasteiger partial charge in [-0.2, -0.15) is 22.5 Å². The van der Waals surface area contributed by atoms with E-state index in [1.807, 2.05) is 28.6 Å². The maximum atomic E-state index is 12.5. The Balaban J connectivity index is 1.34. The zero-order valence-corrected chi connectivity index (χ0v) is 15.8. The highest BCUT2D eigenvalue weighted by atomic mass is 32.2. The van der Waals surface area contributed by atoms with E-state index in [4.69, 9.17) is 0 Å². The molecule has 0 radical (unpaired) electrons. The van der Waals surface area contributed by atoms with Crippen LogP contribution in [-0.2, 0) is 23.8 Å². The van der Waals surface area contributed by atoms with Gasteiger partial charge in [-0.1, -0.05) is 6.42 Å². The smallest absolute Gasteiger partial charge is 0.279 e. The van der Waals surface area contributed by atoms with Gasteiger partial charge in [0.15, 0.2) is 5.82 Å². The molecule has 0 unspecified atom stereocenters. The van der Waals surface area contributed by atoms with Gasteiger partial charge in [-0.25, -0.2) is 0 Å². The van der Waals surface area contributed by atoms with Crippen LogP contribution in [0.15, 0.2) is 18.5 Å². The molecule has 26 heavy (non-hydrogen) atoms. The molecule has 2 fully saturated rings. The van der Waals surface area contributed by atoms with Crippen LogP contribution in [0.25, 0.3) is 0 Å². The van der Waals surface area contributed by atoms with Crippen LogP contribution in [0, 0.1) is 0 Å². The molecule has 1 N–H and O–H groups in total. The zero-order chi connectivity index (χ0) is 18.1. The molecule has 0 spiro atoms. The molecular formula is C16H25N7O2S. The van der Waals surface area contributed by atoms with Gasteiger partial charge in [0, 0.05) is 44.5 Å². The van der Waals surface area contributed by atoms with Gasteiger partial charge < -0.3 is 4.57 Å². The molecule has 4 rings (SSSR count). The van der Waals surface area contributed by atoms with E-state index in [1.165, 1.54) is 0 Å². The average Bonchev–Trinajstić information content (AvgIpc) is 3.23. The van der Waals surface area contributed by atoms with E-state index < -0.39 is 10.2 Å². The number of nitrogens with zero attached hydrogens (tertiary/aromatic N) is 6. The first-order chi connectivity index (χ1) is 12.5. The molecule has 0 amide bonds. The Morgan fingerprint density at radius 1 is 1.19 bits per heavy atom. The molecule has 0 atom stereocenters. The summed E-state index contributed by atoms with van der Waals surface area (Å²) >= 11 is 0. The van der Waals surface area contributed by atoms with E-state index in [1.54, 1.807) is 10.5 Å². The van der Waals surface area contributed by atoms with Gasteiger partial charge >= 0.3 is 0 Å². The molecule has 1 aliphatic heterocycles. The number of hydrogen-bond acceptors (Lipinski definition) is 5. The minimum absolute atomic E-state index is 0.0156. The summed E-state index contributed by atoms with van der Waals surface area (Å²) in [5.41, 5.74) is 0. The summed E-state index contributed by atoms with van der Waals surface area (Å²) in [5, 5.41) is 12.8. The molecule has 2 aromatic heterocycles. The summed E-state index contributed by atoms with van der Waals surface area (Å²) in [7, 11) is -1.40. The van der Waals surface area contributed by atoms with Crippen molar-refractivity contribution in [2.45, 2.75) is 50.6 Å². The summed E-state index contributed by atoms with van der Waals surface area (Å²) < 4.78 is 33.1. The zero-order valence-electron chi connectivity index (χ0n) is 15.0. The molecule has 2 aromatic rings. The largest absolute Gasteiger partial charge is 0.316 e. The number of aromatic nitrogens is 5. The molecular weight excluding hydrogens is 354 g/mol. The SMILES string of the molecule is Cn1c(Cn2cccn2)nnc1C1CC(NS(=O)(=O)N2CCCCC2)C1. The highest BCUT2D eigenvalue weighted by Gasteiger charge is 2.37. The summed E-state index contributed by atoms with van der Waals surface area (Å²) in [4.78, 5) is 0. The number of rotatable bonds is 6. The van der Waals surface area contributed by atoms with Gasteiger partial charge in [-0.05, 0) is 31.7 Å². The highest BCUT2D eigenvalue weighted by molar-refractivity contribution is 7.87. The molecule has 0 bridgehead atoms. The van der Waals surface area contributed by atoms with E-state index >= 15 is 0 Å². The lowest BCUT2D eigenvalue weighted by Crippen LogP contribution is -2.51. The maximum Gasteiger partial charge on any atom is 0.279 e. The van der Waals surface area contributed by atoms with Crippen molar-refractivity contribution in [3.63, 3.8) is 0 Å². The Morgan fingerprint density at radius 2 is 1.96 bits per heavy atom. The predicted octanol–water partition coefficient (Wildman–Crippen LogP) is 0.626. The van der Waals surface area contributed by atoms with E-state index in [0.29, 0.717) is 19.6 Å². The van der Waals surface area contributed by atoms with Gasteiger partial charge in [0.2, 0.25) is 0 Å². The van der Waals surface area contributed by atoms with E-state index in [0.717, 1.165) is 43.8 Å². The van der Waals surface area contributed by atoms with Gasteiger partial charge in [-0.3, -0.25) is 4.68 Å². The molecule has 3 heterocycles. The Bertz CT molecular complexity index is 834. The van der Waals surface area contributed by atoms with Crippen molar-refractivity contribution in [3.8, 4) is 0 Å². The summed E-state index contributed by atoms with van der Waals surface area (Å²) in [6, 6.07) is 1.86. The van der Waals surface area contributed by atoms with Crippen molar-refractivity contribution < 1.29 is 8.42 Å². The lowest BCUT2D eigenvalue weighted by molar-refractivity contribution is 0.290. The molecule has 10 heteroatoms. The van der Waals surface area contributed by atoms with Crippen LogP contribution in [-0.4, -0.2) is 56.4 Å². The van der Waals surface area contributed by atoms with Crippen LogP contribution >= 0.6 is 0 Å². The lowest BCUT2D eigenvalue weighted by atomic mass is 9.80. The monoisotopic (exact) mass is 379 g/mol. The summed E-state index contributed by atoms with van der Waals surface area (Å²) in [5.74, 6) is 2.01. The van der Waals surface area contributed by atoms with Gasteiger partial charge in [0.1, 0.15) is 12.4 Å². The first-order valence-corrected chi connectivity index (χ1v) is 10.6. The second-order valence-corrected chi connectivity index (χ2v) is 8.89. The Morgan fingerprint density at radius 3 is 2.65 bits per heavy atom. The minimum atomic E-state index is -3.36. The van der Waals surface area contributed by atoms with Crippen LogP contribution in [0.4, 0.5) is 0 Å². The maximum absolute atomic E-state index is 12.5. The van der Waals surface area contributed by atoms with Crippen LogP contribution in [0.1, 0.15) is 49.7 Å². The van der Waals surface area contributed by atoms with E-state index in [2.05, 4.69) is 20.0 Å². The summed E-state index contributed by atoms with van der Waals surface area (Å²) in [6.07, 6.45) is 8.18. The molecule has 9 nitrogen and oxygen atoms in total. The quantitative estimate of drug-likeness (QED) is 0.794. The Labute approximate surface area is 153 Å². The Hall–Kier alpha value is -1.78. The Kier molecular flexibility index (Phi) is 4.80. The first-order valence-electron chi connectivity index (χ1n) is 9.16. The fraction of sp³-hybridized carbons (Fsp3) is 0.688. The van der Waals surface area contributed by atoms with E-state index in [-0.39, 0.29) is 12.0 Å². The molecule has 0 aromatic carbocycles. The number of hydrogen-bond donors (Lipinski definition) is 1. The van der Waals surface area contributed by atoms with Gasteiger partial charge in [0.25, 0.3) is 10.2 Å². The second kappa shape index (κ2) is 7.09. The fourth-order valence-electron chi connectivity index (χ4n) is 3.72. The van der Waals surface area contributed by atoms with Crippen LogP contribution in [0.5, 0.6) is 0 Å². The third-order valence-corrected chi connectivity index (χ3v) is 7.01. The third-order valence-electron chi connectivity index (χ3n) is 5.34. The molecule has 1 saturated carbocycles. The minimum Gasteiger partial charge on any atom is -0.316 e. The molecule has 2 aliphatic rings. The van der Waals surface area contributed by atoms with E-state index in [9.17, 15) is 8.42 Å². The molecule has 1 saturated heterocycles. The number of nitrogens with one attached hydrogen (secondary N) is 1.